The van der Waals surface area contributed by atoms with Crippen molar-refractivity contribution >= 4 is 5.91 Å². The Morgan fingerprint density at radius 1 is 1.10 bits per heavy atom. The maximum Gasteiger partial charge on any atom is 0.233 e. The molecule has 160 valence electrons. The summed E-state index contributed by atoms with van der Waals surface area (Å²) in [5, 5.41) is 8.49. The number of piperidine rings is 1. The summed E-state index contributed by atoms with van der Waals surface area (Å²) < 4.78 is 5.87. The fraction of sp³-hybridized carbons (Fsp3) is 0.762. The highest BCUT2D eigenvalue weighted by atomic mass is 16.5. The zero-order chi connectivity index (χ0) is 20.4. The molecular formula is C21H34N6O2. The number of likely N-dealkylation sites (tertiary alicyclic amines) is 1. The van der Waals surface area contributed by atoms with E-state index in [2.05, 4.69) is 52.3 Å². The number of nitrogens with zero attached hydrogens (tertiary/aromatic N) is 3. The van der Waals surface area contributed by atoms with Crippen LogP contribution in [0.1, 0.15) is 58.6 Å². The van der Waals surface area contributed by atoms with Gasteiger partial charge in [-0.05, 0) is 44.1 Å². The molecule has 3 atom stereocenters. The second-order valence-electron chi connectivity index (χ2n) is 9.72. The van der Waals surface area contributed by atoms with Gasteiger partial charge in [0.2, 0.25) is 11.8 Å². The molecule has 1 amide bonds. The van der Waals surface area contributed by atoms with E-state index in [1.54, 1.807) is 0 Å². The number of carbonyl (C=O) groups excluding carboxylic acids is 1. The molecule has 3 fully saturated rings. The second kappa shape index (κ2) is 8.53. The second-order valence-corrected chi connectivity index (χ2v) is 9.72. The quantitative estimate of drug-likeness (QED) is 0.704. The molecule has 3 N–H and O–H groups in total. The minimum atomic E-state index is -0.00894. The highest BCUT2D eigenvalue weighted by molar-refractivity contribution is 5.79. The van der Waals surface area contributed by atoms with Gasteiger partial charge in [0.15, 0.2) is 0 Å². The maximum absolute atomic E-state index is 12.9. The normalized spacial score (nSPS) is 28.2. The first kappa shape index (κ1) is 20.5. The minimum absolute atomic E-state index is 0.00894. The fourth-order valence-electron chi connectivity index (χ4n) is 4.53. The van der Waals surface area contributed by atoms with Crippen molar-refractivity contribution in [1.29, 1.82) is 0 Å². The van der Waals surface area contributed by atoms with Crippen LogP contribution < -0.4 is 21.1 Å². The predicted molar refractivity (Wildman–Crippen MR) is 110 cm³/mol. The molecule has 0 spiro atoms. The summed E-state index contributed by atoms with van der Waals surface area (Å²) in [5.74, 6) is 1.53. The van der Waals surface area contributed by atoms with Gasteiger partial charge in [-0.3, -0.25) is 4.79 Å². The number of ether oxygens (including phenoxy) is 1. The van der Waals surface area contributed by atoms with Crippen molar-refractivity contribution in [3.63, 3.8) is 0 Å². The SMILES string of the molecule is CC(C)(C)c1ccc(OCC2CCN(C(=O)C3CCC4NNNC4C3)CC2)nn1. The lowest BCUT2D eigenvalue weighted by atomic mass is 9.82. The molecule has 3 aliphatic rings. The van der Waals surface area contributed by atoms with Crippen LogP contribution in [0.15, 0.2) is 12.1 Å². The van der Waals surface area contributed by atoms with Crippen LogP contribution in [0.25, 0.3) is 0 Å². The van der Waals surface area contributed by atoms with Gasteiger partial charge in [-0.25, -0.2) is 10.9 Å². The van der Waals surface area contributed by atoms with Crippen molar-refractivity contribution in [2.75, 3.05) is 19.7 Å². The van der Waals surface area contributed by atoms with Gasteiger partial charge in [0.05, 0.1) is 12.3 Å². The number of aromatic nitrogens is 2. The Morgan fingerprint density at radius 3 is 2.55 bits per heavy atom. The summed E-state index contributed by atoms with van der Waals surface area (Å²) in [7, 11) is 0. The molecule has 0 aromatic carbocycles. The molecule has 3 unspecified atom stereocenters. The molecule has 4 rings (SSSR count). The van der Waals surface area contributed by atoms with Gasteiger partial charge in [-0.15, -0.1) is 5.10 Å². The first-order chi connectivity index (χ1) is 13.9. The summed E-state index contributed by atoms with van der Waals surface area (Å²) in [4.78, 5) is 15.0. The molecule has 0 radical (unpaired) electrons. The van der Waals surface area contributed by atoms with Crippen molar-refractivity contribution in [2.45, 2.75) is 70.4 Å². The van der Waals surface area contributed by atoms with Gasteiger partial charge in [0.25, 0.3) is 0 Å². The molecule has 3 heterocycles. The van der Waals surface area contributed by atoms with Crippen LogP contribution >= 0.6 is 0 Å². The average molecular weight is 403 g/mol. The lowest BCUT2D eigenvalue weighted by Gasteiger charge is -2.37. The molecule has 2 saturated heterocycles. The predicted octanol–water partition coefficient (Wildman–Crippen LogP) is 1.54. The van der Waals surface area contributed by atoms with Crippen LogP contribution in [0.2, 0.25) is 0 Å². The molecular weight excluding hydrogens is 368 g/mol. The fourth-order valence-corrected chi connectivity index (χ4v) is 4.53. The zero-order valence-electron chi connectivity index (χ0n) is 17.8. The van der Waals surface area contributed by atoms with Crippen LogP contribution in [-0.2, 0) is 10.2 Å². The molecule has 1 saturated carbocycles. The highest BCUT2D eigenvalue weighted by Gasteiger charge is 2.38. The standard InChI is InChI=1S/C21H34N6O2/c1-21(2,3)18-6-7-19(25-24-18)29-13-14-8-10-27(11-9-14)20(28)15-4-5-16-17(12-15)23-26-22-16/h6-7,14-17,22-23,26H,4-5,8-13H2,1-3H3. The van der Waals surface area contributed by atoms with Crippen LogP contribution in [0, 0.1) is 11.8 Å². The Bertz CT molecular complexity index is 696. The van der Waals surface area contributed by atoms with E-state index >= 15 is 0 Å². The van der Waals surface area contributed by atoms with Crippen LogP contribution in [0.4, 0.5) is 0 Å². The average Bonchev–Trinajstić information content (AvgIpc) is 3.19. The molecule has 0 bridgehead atoms. The molecule has 1 aliphatic carbocycles. The summed E-state index contributed by atoms with van der Waals surface area (Å²) in [6.45, 7) is 8.66. The van der Waals surface area contributed by atoms with E-state index in [0.29, 0.717) is 36.4 Å². The van der Waals surface area contributed by atoms with Gasteiger partial charge in [-0.1, -0.05) is 20.8 Å². The van der Waals surface area contributed by atoms with Gasteiger partial charge >= 0.3 is 0 Å². The lowest BCUT2D eigenvalue weighted by Crippen LogP contribution is -2.47. The van der Waals surface area contributed by atoms with E-state index in [1.807, 2.05) is 12.1 Å². The van der Waals surface area contributed by atoms with Gasteiger partial charge in [0.1, 0.15) is 0 Å². The number of hydrogen-bond donors (Lipinski definition) is 3. The van der Waals surface area contributed by atoms with Crippen molar-refractivity contribution in [2.24, 2.45) is 11.8 Å². The van der Waals surface area contributed by atoms with Crippen molar-refractivity contribution in [1.82, 2.24) is 31.5 Å². The Labute approximate surface area is 173 Å². The lowest BCUT2D eigenvalue weighted by molar-refractivity contribution is -0.138. The number of hydrazine groups is 2. The Hall–Kier alpha value is -1.77. The van der Waals surface area contributed by atoms with E-state index in [4.69, 9.17) is 4.74 Å². The zero-order valence-corrected chi connectivity index (χ0v) is 17.8. The Kier molecular flexibility index (Phi) is 6.03. The van der Waals surface area contributed by atoms with E-state index in [0.717, 1.165) is 50.9 Å². The summed E-state index contributed by atoms with van der Waals surface area (Å²) in [5.41, 5.74) is 10.4. The third-order valence-electron chi connectivity index (χ3n) is 6.52. The number of hydrogen-bond acceptors (Lipinski definition) is 7. The van der Waals surface area contributed by atoms with Gasteiger partial charge in [0, 0.05) is 42.6 Å². The number of rotatable bonds is 4. The third kappa shape index (κ3) is 4.87. The smallest absolute Gasteiger partial charge is 0.233 e. The molecule has 29 heavy (non-hydrogen) atoms. The molecule has 8 nitrogen and oxygen atoms in total. The first-order valence-electron chi connectivity index (χ1n) is 10.9. The number of fused-ring (bicyclic) bond motifs is 1. The van der Waals surface area contributed by atoms with E-state index in [1.165, 1.54) is 0 Å². The van der Waals surface area contributed by atoms with Crippen molar-refractivity contribution < 1.29 is 9.53 Å². The minimum Gasteiger partial charge on any atom is -0.476 e. The van der Waals surface area contributed by atoms with Crippen LogP contribution in [-0.4, -0.2) is 52.8 Å². The molecule has 2 aliphatic heterocycles. The molecule has 1 aromatic heterocycles. The summed E-state index contributed by atoms with van der Waals surface area (Å²) in [6, 6.07) is 4.70. The number of nitrogens with one attached hydrogen (secondary N) is 3. The van der Waals surface area contributed by atoms with Crippen LogP contribution in [0.5, 0.6) is 5.88 Å². The first-order valence-corrected chi connectivity index (χ1v) is 10.9. The van der Waals surface area contributed by atoms with E-state index in [9.17, 15) is 4.79 Å². The van der Waals surface area contributed by atoms with Crippen LogP contribution in [0.3, 0.4) is 0 Å². The third-order valence-corrected chi connectivity index (χ3v) is 6.52. The van der Waals surface area contributed by atoms with E-state index in [-0.39, 0.29) is 11.3 Å². The number of carbonyl (C=O) groups is 1. The van der Waals surface area contributed by atoms with Gasteiger partial charge in [-0.2, -0.15) is 10.6 Å². The Morgan fingerprint density at radius 2 is 1.86 bits per heavy atom. The number of amides is 1. The molecule has 1 aromatic rings. The monoisotopic (exact) mass is 402 g/mol. The van der Waals surface area contributed by atoms with E-state index < -0.39 is 0 Å². The molecule has 8 heteroatoms. The maximum atomic E-state index is 12.9. The summed E-state index contributed by atoms with van der Waals surface area (Å²) in [6.07, 6.45) is 4.90. The van der Waals surface area contributed by atoms with Crippen molar-refractivity contribution in [3.05, 3.63) is 17.8 Å². The van der Waals surface area contributed by atoms with Gasteiger partial charge < -0.3 is 9.64 Å². The largest absolute Gasteiger partial charge is 0.476 e. The van der Waals surface area contributed by atoms with Crippen molar-refractivity contribution in [3.8, 4) is 5.88 Å². The topological polar surface area (TPSA) is 91.4 Å². The summed E-state index contributed by atoms with van der Waals surface area (Å²) >= 11 is 0. The Balaban J connectivity index is 1.21. The highest BCUT2D eigenvalue weighted by Crippen LogP contribution is 2.29.